The number of hydrogen-bond donors (Lipinski definition) is 1. The van der Waals surface area contributed by atoms with Gasteiger partial charge in [-0.05, 0) is 30.0 Å². The molecule has 0 amide bonds. The second kappa shape index (κ2) is 4.03. The van der Waals surface area contributed by atoms with Crippen molar-refractivity contribution in [3.8, 4) is 11.5 Å². The van der Waals surface area contributed by atoms with E-state index in [0.29, 0.717) is 11.5 Å². The molecule has 1 aromatic rings. The molecule has 0 saturated heterocycles. The van der Waals surface area contributed by atoms with E-state index >= 15 is 0 Å². The lowest BCUT2D eigenvalue weighted by atomic mass is 10.0. The second-order valence-corrected chi connectivity index (χ2v) is 3.64. The molecule has 0 saturated carbocycles. The number of nitrogens with one attached hydrogen (secondary N) is 1. The molecule has 1 unspecified atom stereocenters. The van der Waals surface area contributed by atoms with Gasteiger partial charge in [-0.3, -0.25) is 0 Å². The van der Waals surface area contributed by atoms with Crippen LogP contribution in [-0.4, -0.2) is 14.2 Å². The molecule has 3 nitrogen and oxygen atoms in total. The van der Waals surface area contributed by atoms with Crippen molar-refractivity contribution in [2.24, 2.45) is 0 Å². The van der Waals surface area contributed by atoms with Crippen molar-refractivity contribution in [2.75, 3.05) is 14.2 Å². The molecule has 2 rings (SSSR count). The van der Waals surface area contributed by atoms with Gasteiger partial charge in [-0.15, -0.1) is 0 Å². The van der Waals surface area contributed by atoms with E-state index < -0.39 is 0 Å². The zero-order valence-corrected chi connectivity index (χ0v) is 9.34. The van der Waals surface area contributed by atoms with Crippen molar-refractivity contribution in [1.82, 2.24) is 5.32 Å². The first-order chi connectivity index (χ1) is 7.26. The van der Waals surface area contributed by atoms with Crippen molar-refractivity contribution in [1.29, 1.82) is 0 Å². The van der Waals surface area contributed by atoms with Gasteiger partial charge in [0.25, 0.3) is 0 Å². The summed E-state index contributed by atoms with van der Waals surface area (Å²) in [4.78, 5) is 0. The number of fused-ring (bicyclic) bond motifs is 1. The standard InChI is InChI=1S/C11H12ClNO2/c1-14-9-5-7-3-4-13-11(12)8(7)6-10(9)15-2/h3-6,11,13H,1-2H3. The highest BCUT2D eigenvalue weighted by Gasteiger charge is 2.17. The monoisotopic (exact) mass is 225 g/mol. The van der Waals surface area contributed by atoms with Crippen LogP contribution in [0.1, 0.15) is 16.6 Å². The van der Waals surface area contributed by atoms with Gasteiger partial charge in [-0.1, -0.05) is 11.6 Å². The highest BCUT2D eigenvalue weighted by atomic mass is 35.5. The minimum atomic E-state index is -0.218. The molecule has 0 radical (unpaired) electrons. The number of hydrogen-bond acceptors (Lipinski definition) is 3. The second-order valence-electron chi connectivity index (χ2n) is 3.20. The predicted octanol–water partition coefficient (Wildman–Crippen LogP) is 2.52. The quantitative estimate of drug-likeness (QED) is 0.620. The van der Waals surface area contributed by atoms with E-state index in [1.807, 2.05) is 24.4 Å². The van der Waals surface area contributed by atoms with E-state index in [-0.39, 0.29) is 5.50 Å². The first kappa shape index (κ1) is 10.2. The van der Waals surface area contributed by atoms with Crippen LogP contribution in [0.25, 0.3) is 6.08 Å². The Balaban J connectivity index is 2.54. The molecule has 4 heteroatoms. The average Bonchev–Trinajstić information content (AvgIpc) is 2.28. The summed E-state index contributed by atoms with van der Waals surface area (Å²) in [7, 11) is 3.23. The Morgan fingerprint density at radius 3 is 2.53 bits per heavy atom. The van der Waals surface area contributed by atoms with Crippen molar-refractivity contribution < 1.29 is 9.47 Å². The van der Waals surface area contributed by atoms with Crippen molar-refractivity contribution in [3.05, 3.63) is 29.5 Å². The van der Waals surface area contributed by atoms with Crippen LogP contribution >= 0.6 is 11.6 Å². The van der Waals surface area contributed by atoms with E-state index in [0.717, 1.165) is 11.1 Å². The van der Waals surface area contributed by atoms with Gasteiger partial charge in [0.1, 0.15) is 5.50 Å². The molecule has 1 heterocycles. The first-order valence-electron chi connectivity index (χ1n) is 4.59. The first-order valence-corrected chi connectivity index (χ1v) is 5.02. The molecule has 1 atom stereocenters. The fourth-order valence-electron chi connectivity index (χ4n) is 1.59. The lowest BCUT2D eigenvalue weighted by molar-refractivity contribution is 0.354. The van der Waals surface area contributed by atoms with Crippen LogP contribution in [0.2, 0.25) is 0 Å². The molecule has 0 aliphatic carbocycles. The largest absolute Gasteiger partial charge is 0.493 e. The molecular weight excluding hydrogens is 214 g/mol. The molecule has 0 bridgehead atoms. The van der Waals surface area contributed by atoms with Crippen LogP contribution < -0.4 is 14.8 Å². The van der Waals surface area contributed by atoms with E-state index in [4.69, 9.17) is 21.1 Å². The Morgan fingerprint density at radius 2 is 1.87 bits per heavy atom. The summed E-state index contributed by atoms with van der Waals surface area (Å²) in [5.74, 6) is 1.41. The van der Waals surface area contributed by atoms with Crippen molar-refractivity contribution >= 4 is 17.7 Å². The number of halogens is 1. The van der Waals surface area contributed by atoms with Crippen molar-refractivity contribution in [2.45, 2.75) is 5.50 Å². The Hall–Kier alpha value is -1.35. The third-order valence-corrected chi connectivity index (χ3v) is 2.73. The molecule has 0 aromatic heterocycles. The highest BCUT2D eigenvalue weighted by Crippen LogP contribution is 2.36. The molecule has 1 aliphatic rings. The summed E-state index contributed by atoms with van der Waals surface area (Å²) < 4.78 is 10.4. The Bertz CT molecular complexity index is 404. The van der Waals surface area contributed by atoms with Gasteiger partial charge in [0.05, 0.1) is 14.2 Å². The van der Waals surface area contributed by atoms with Crippen LogP contribution in [0.4, 0.5) is 0 Å². The molecular formula is C11H12ClNO2. The van der Waals surface area contributed by atoms with Gasteiger partial charge >= 0.3 is 0 Å². The van der Waals surface area contributed by atoms with Crippen LogP contribution in [0.3, 0.4) is 0 Å². The smallest absolute Gasteiger partial charge is 0.161 e. The molecule has 80 valence electrons. The Labute approximate surface area is 93.6 Å². The molecule has 15 heavy (non-hydrogen) atoms. The summed E-state index contributed by atoms with van der Waals surface area (Å²) in [5, 5.41) is 3.02. The maximum Gasteiger partial charge on any atom is 0.161 e. The molecule has 0 fully saturated rings. The van der Waals surface area contributed by atoms with Gasteiger partial charge < -0.3 is 14.8 Å². The number of ether oxygens (including phenoxy) is 2. The maximum absolute atomic E-state index is 6.11. The molecule has 0 spiro atoms. The molecule has 1 aromatic carbocycles. The molecule has 1 N–H and O–H groups in total. The summed E-state index contributed by atoms with van der Waals surface area (Å²) in [6, 6.07) is 3.81. The minimum absolute atomic E-state index is 0.218. The third-order valence-electron chi connectivity index (χ3n) is 2.37. The SMILES string of the molecule is COc1cc2c(cc1OC)C(Cl)NC=C2. The van der Waals surface area contributed by atoms with Gasteiger partial charge in [-0.2, -0.15) is 0 Å². The van der Waals surface area contributed by atoms with Gasteiger partial charge in [0.15, 0.2) is 11.5 Å². The topological polar surface area (TPSA) is 30.5 Å². The summed E-state index contributed by atoms with van der Waals surface area (Å²) >= 11 is 6.11. The van der Waals surface area contributed by atoms with Crippen LogP contribution in [0.15, 0.2) is 18.3 Å². The lowest BCUT2D eigenvalue weighted by Gasteiger charge is -2.20. The summed E-state index contributed by atoms with van der Waals surface area (Å²) in [6.07, 6.45) is 3.78. The van der Waals surface area contributed by atoms with Crippen LogP contribution in [0, 0.1) is 0 Å². The van der Waals surface area contributed by atoms with Gasteiger partial charge in [0, 0.05) is 5.56 Å². The summed E-state index contributed by atoms with van der Waals surface area (Å²) in [6.45, 7) is 0. The van der Waals surface area contributed by atoms with Crippen LogP contribution in [0.5, 0.6) is 11.5 Å². The van der Waals surface area contributed by atoms with Crippen molar-refractivity contribution in [3.63, 3.8) is 0 Å². The minimum Gasteiger partial charge on any atom is -0.493 e. The number of benzene rings is 1. The lowest BCUT2D eigenvalue weighted by Crippen LogP contribution is -2.14. The zero-order chi connectivity index (χ0) is 10.8. The Morgan fingerprint density at radius 1 is 1.20 bits per heavy atom. The van der Waals surface area contributed by atoms with E-state index in [2.05, 4.69) is 5.32 Å². The predicted molar refractivity (Wildman–Crippen MR) is 60.3 cm³/mol. The fourth-order valence-corrected chi connectivity index (χ4v) is 1.85. The fraction of sp³-hybridized carbons (Fsp3) is 0.273. The third kappa shape index (κ3) is 1.75. The Kier molecular flexibility index (Phi) is 2.73. The average molecular weight is 226 g/mol. The number of methoxy groups -OCH3 is 2. The zero-order valence-electron chi connectivity index (χ0n) is 8.58. The summed E-state index contributed by atoms with van der Waals surface area (Å²) in [5.41, 5.74) is 1.83. The van der Waals surface area contributed by atoms with E-state index in [9.17, 15) is 0 Å². The number of rotatable bonds is 2. The number of alkyl halides is 1. The highest BCUT2D eigenvalue weighted by molar-refractivity contribution is 6.21. The van der Waals surface area contributed by atoms with Gasteiger partial charge in [0.2, 0.25) is 0 Å². The molecule has 1 aliphatic heterocycles. The normalized spacial score (nSPS) is 17.9. The van der Waals surface area contributed by atoms with Gasteiger partial charge in [-0.25, -0.2) is 0 Å². The van der Waals surface area contributed by atoms with E-state index in [1.165, 1.54) is 0 Å². The maximum atomic E-state index is 6.11. The van der Waals surface area contributed by atoms with E-state index in [1.54, 1.807) is 14.2 Å². The van der Waals surface area contributed by atoms with Crippen LogP contribution in [-0.2, 0) is 0 Å².